The van der Waals surface area contributed by atoms with Crippen molar-refractivity contribution in [1.82, 2.24) is 39.8 Å². The standard InChI is InChI=1S/C12H14N8OS/c1-8-5-10(20-11(15-8)13-7-14-20)22-12-16-17-18-19(12)6-9-3-2-4-21-9/h5,7,9H,2-4,6H2,1H3. The van der Waals surface area contributed by atoms with E-state index in [9.17, 15) is 0 Å². The van der Waals surface area contributed by atoms with Crippen LogP contribution in [-0.2, 0) is 11.3 Å². The molecule has 1 fully saturated rings. The van der Waals surface area contributed by atoms with Crippen LogP contribution in [0.3, 0.4) is 0 Å². The van der Waals surface area contributed by atoms with Crippen LogP contribution < -0.4 is 0 Å². The average molecular weight is 318 g/mol. The first-order chi connectivity index (χ1) is 10.8. The largest absolute Gasteiger partial charge is 0.376 e. The Morgan fingerprint density at radius 2 is 2.41 bits per heavy atom. The van der Waals surface area contributed by atoms with Gasteiger partial charge in [-0.25, -0.2) is 9.67 Å². The number of hydrogen-bond acceptors (Lipinski definition) is 8. The third-order valence-corrected chi connectivity index (χ3v) is 4.42. The summed E-state index contributed by atoms with van der Waals surface area (Å²) in [7, 11) is 0. The van der Waals surface area contributed by atoms with Gasteiger partial charge in [0.25, 0.3) is 5.78 Å². The molecule has 4 heterocycles. The molecule has 3 aromatic heterocycles. The van der Waals surface area contributed by atoms with Gasteiger partial charge >= 0.3 is 0 Å². The third-order valence-electron chi connectivity index (χ3n) is 3.44. The number of fused-ring (bicyclic) bond motifs is 1. The smallest absolute Gasteiger partial charge is 0.253 e. The predicted molar refractivity (Wildman–Crippen MR) is 76.4 cm³/mol. The molecule has 1 aliphatic rings. The highest BCUT2D eigenvalue weighted by Crippen LogP contribution is 2.26. The van der Waals surface area contributed by atoms with Crippen LogP contribution >= 0.6 is 11.8 Å². The molecule has 0 radical (unpaired) electrons. The van der Waals surface area contributed by atoms with Crippen molar-refractivity contribution in [1.29, 1.82) is 0 Å². The van der Waals surface area contributed by atoms with Crippen LogP contribution in [-0.4, -0.2) is 52.5 Å². The summed E-state index contributed by atoms with van der Waals surface area (Å²) < 4.78 is 9.11. The summed E-state index contributed by atoms with van der Waals surface area (Å²) in [5.41, 5.74) is 0.876. The Balaban J connectivity index is 1.62. The molecule has 114 valence electrons. The highest BCUT2D eigenvalue weighted by atomic mass is 32.2. The van der Waals surface area contributed by atoms with E-state index in [1.807, 2.05) is 13.0 Å². The van der Waals surface area contributed by atoms with E-state index in [1.54, 1.807) is 9.20 Å². The van der Waals surface area contributed by atoms with Gasteiger partial charge in [-0.2, -0.15) is 14.6 Å². The lowest BCUT2D eigenvalue weighted by Crippen LogP contribution is -2.17. The Kier molecular flexibility index (Phi) is 3.47. The van der Waals surface area contributed by atoms with Gasteiger partial charge in [-0.05, 0) is 48.0 Å². The first-order valence-corrected chi connectivity index (χ1v) is 7.84. The first kappa shape index (κ1) is 13.6. The zero-order valence-electron chi connectivity index (χ0n) is 12.0. The van der Waals surface area contributed by atoms with Crippen molar-refractivity contribution < 1.29 is 4.74 Å². The normalized spacial score (nSPS) is 18.3. The van der Waals surface area contributed by atoms with Gasteiger partial charge in [-0.15, -0.1) is 5.10 Å². The monoisotopic (exact) mass is 318 g/mol. The lowest BCUT2D eigenvalue weighted by atomic mass is 10.2. The van der Waals surface area contributed by atoms with Crippen LogP contribution in [0.25, 0.3) is 5.78 Å². The molecule has 10 heteroatoms. The molecule has 3 aromatic rings. The topological polar surface area (TPSA) is 95.9 Å². The number of hydrogen-bond donors (Lipinski definition) is 0. The Bertz CT molecular complexity index is 793. The van der Waals surface area contributed by atoms with Crippen molar-refractivity contribution in [2.75, 3.05) is 6.61 Å². The van der Waals surface area contributed by atoms with Crippen LogP contribution in [0.2, 0.25) is 0 Å². The Morgan fingerprint density at radius 1 is 1.45 bits per heavy atom. The van der Waals surface area contributed by atoms with Crippen molar-refractivity contribution >= 4 is 17.5 Å². The highest BCUT2D eigenvalue weighted by Gasteiger charge is 2.20. The maximum absolute atomic E-state index is 5.65. The van der Waals surface area contributed by atoms with E-state index in [0.717, 1.165) is 30.2 Å². The van der Waals surface area contributed by atoms with Crippen molar-refractivity contribution in [2.24, 2.45) is 0 Å². The van der Waals surface area contributed by atoms with Gasteiger partial charge in [0, 0.05) is 12.3 Å². The van der Waals surface area contributed by atoms with E-state index in [1.165, 1.54) is 18.1 Å². The minimum absolute atomic E-state index is 0.188. The Morgan fingerprint density at radius 3 is 3.27 bits per heavy atom. The summed E-state index contributed by atoms with van der Waals surface area (Å²) in [6.45, 7) is 3.41. The van der Waals surface area contributed by atoms with Crippen molar-refractivity contribution in [3.63, 3.8) is 0 Å². The van der Waals surface area contributed by atoms with E-state index >= 15 is 0 Å². The molecular weight excluding hydrogens is 304 g/mol. The van der Waals surface area contributed by atoms with E-state index in [-0.39, 0.29) is 6.10 Å². The number of rotatable bonds is 4. The molecule has 1 aliphatic heterocycles. The van der Waals surface area contributed by atoms with E-state index in [0.29, 0.717) is 17.5 Å². The molecule has 0 bridgehead atoms. The molecule has 0 aliphatic carbocycles. The van der Waals surface area contributed by atoms with Gasteiger partial charge in [0.15, 0.2) is 0 Å². The maximum Gasteiger partial charge on any atom is 0.253 e. The minimum Gasteiger partial charge on any atom is -0.376 e. The van der Waals surface area contributed by atoms with Crippen molar-refractivity contribution in [3.05, 3.63) is 18.1 Å². The second-order valence-corrected chi connectivity index (χ2v) is 6.08. The summed E-state index contributed by atoms with van der Waals surface area (Å²) in [5.74, 6) is 0.570. The second-order valence-electron chi connectivity index (χ2n) is 5.09. The fraction of sp³-hybridized carbons (Fsp3) is 0.500. The van der Waals surface area contributed by atoms with Gasteiger partial charge in [0.05, 0.1) is 12.6 Å². The lowest BCUT2D eigenvalue weighted by Gasteiger charge is -2.10. The number of ether oxygens (including phenoxy) is 1. The molecule has 1 saturated heterocycles. The third kappa shape index (κ3) is 2.55. The highest BCUT2D eigenvalue weighted by molar-refractivity contribution is 7.99. The van der Waals surface area contributed by atoms with E-state index < -0.39 is 0 Å². The summed E-state index contributed by atoms with van der Waals surface area (Å²) in [4.78, 5) is 8.45. The molecule has 0 amide bonds. The SMILES string of the molecule is Cc1cc(Sc2nnnn2CC2CCCO2)n2ncnc2n1. The number of aromatic nitrogens is 8. The van der Waals surface area contributed by atoms with Crippen molar-refractivity contribution in [3.8, 4) is 0 Å². The molecule has 4 rings (SSSR count). The van der Waals surface area contributed by atoms with Crippen LogP contribution in [0, 0.1) is 6.92 Å². The fourth-order valence-corrected chi connectivity index (χ4v) is 3.35. The molecule has 0 N–H and O–H groups in total. The first-order valence-electron chi connectivity index (χ1n) is 7.02. The Hall–Kier alpha value is -2.07. The van der Waals surface area contributed by atoms with Gasteiger partial charge in [0.1, 0.15) is 11.4 Å². The van der Waals surface area contributed by atoms with Crippen LogP contribution in [0.1, 0.15) is 18.5 Å². The average Bonchev–Trinajstić information content (AvgIpc) is 3.21. The minimum atomic E-state index is 0.188. The second kappa shape index (κ2) is 5.61. The molecule has 0 aromatic carbocycles. The molecule has 0 saturated carbocycles. The number of tetrazole rings is 1. The van der Waals surface area contributed by atoms with Gasteiger partial charge < -0.3 is 4.74 Å². The molecule has 0 spiro atoms. The molecule has 22 heavy (non-hydrogen) atoms. The summed E-state index contributed by atoms with van der Waals surface area (Å²) in [6.07, 6.45) is 3.82. The quantitative estimate of drug-likeness (QED) is 0.650. The van der Waals surface area contributed by atoms with Crippen LogP contribution in [0.15, 0.2) is 22.6 Å². The van der Waals surface area contributed by atoms with E-state index in [2.05, 4.69) is 30.6 Å². The molecule has 1 atom stereocenters. The van der Waals surface area contributed by atoms with Gasteiger partial charge in [0.2, 0.25) is 5.16 Å². The van der Waals surface area contributed by atoms with Crippen molar-refractivity contribution in [2.45, 2.75) is 42.6 Å². The molecule has 9 nitrogen and oxygen atoms in total. The zero-order valence-corrected chi connectivity index (χ0v) is 12.8. The fourth-order valence-electron chi connectivity index (χ4n) is 2.43. The lowest BCUT2D eigenvalue weighted by molar-refractivity contribution is 0.0912. The van der Waals surface area contributed by atoms with E-state index in [4.69, 9.17) is 4.74 Å². The van der Waals surface area contributed by atoms with Crippen LogP contribution in [0.4, 0.5) is 0 Å². The maximum atomic E-state index is 5.65. The molecular formula is C12H14N8OS. The molecule has 1 unspecified atom stereocenters. The van der Waals surface area contributed by atoms with Crippen LogP contribution in [0.5, 0.6) is 0 Å². The zero-order chi connectivity index (χ0) is 14.9. The predicted octanol–water partition coefficient (Wildman–Crippen LogP) is 0.749. The summed E-state index contributed by atoms with van der Waals surface area (Å²) in [5, 5.41) is 17.7. The van der Waals surface area contributed by atoms with Gasteiger partial charge in [-0.1, -0.05) is 0 Å². The van der Waals surface area contributed by atoms with Gasteiger partial charge in [-0.3, -0.25) is 0 Å². The Labute approximate surface area is 130 Å². The summed E-state index contributed by atoms with van der Waals surface area (Å²) >= 11 is 1.44. The summed E-state index contributed by atoms with van der Waals surface area (Å²) in [6, 6.07) is 1.94. The number of aryl methyl sites for hydroxylation is 1. The number of nitrogens with zero attached hydrogens (tertiary/aromatic N) is 8.